The van der Waals surface area contributed by atoms with Crippen LogP contribution < -0.4 is 10.6 Å². The van der Waals surface area contributed by atoms with E-state index in [-0.39, 0.29) is 22.9 Å². The topological polar surface area (TPSA) is 70.1 Å². The van der Waals surface area contributed by atoms with E-state index < -0.39 is 17.7 Å². The zero-order valence-electron chi connectivity index (χ0n) is 17.2. The van der Waals surface area contributed by atoms with Gasteiger partial charge in [0.05, 0.1) is 23.1 Å². The number of nitriles is 1. The summed E-state index contributed by atoms with van der Waals surface area (Å²) in [5.41, 5.74) is 7.70. The summed E-state index contributed by atoms with van der Waals surface area (Å²) in [4.78, 5) is 15.6. The molecule has 1 heterocycles. The van der Waals surface area contributed by atoms with Gasteiger partial charge in [0.1, 0.15) is 5.82 Å². The molecule has 0 radical (unpaired) electrons. The lowest BCUT2D eigenvalue weighted by Gasteiger charge is -2.39. The standard InChI is InChI=1S/C24H20F3N3OS/c1-32-17-10-8-14(9-11-17)21-18(13-28)23(29)30(19-6-3-7-20(31)22(19)21)16-5-2-4-15(12-16)24(25,26)27/h2,4-5,8-12,21H,3,6-7,29H2,1H3/t21-/m0/s1. The number of halogens is 3. The average Bonchev–Trinajstić information content (AvgIpc) is 2.78. The molecule has 8 heteroatoms. The quantitative estimate of drug-likeness (QED) is 0.599. The van der Waals surface area contributed by atoms with E-state index in [1.807, 2.05) is 30.5 Å². The summed E-state index contributed by atoms with van der Waals surface area (Å²) in [6, 6.07) is 14.5. The zero-order valence-corrected chi connectivity index (χ0v) is 18.1. The van der Waals surface area contributed by atoms with E-state index in [0.29, 0.717) is 30.5 Å². The average molecular weight is 456 g/mol. The summed E-state index contributed by atoms with van der Waals surface area (Å²) in [6.45, 7) is 0. The first-order valence-electron chi connectivity index (χ1n) is 10.0. The van der Waals surface area contributed by atoms with Gasteiger partial charge in [0.2, 0.25) is 0 Å². The number of rotatable bonds is 3. The molecule has 0 unspecified atom stereocenters. The number of benzene rings is 2. The van der Waals surface area contributed by atoms with Crippen molar-refractivity contribution in [1.82, 2.24) is 0 Å². The molecule has 2 aromatic carbocycles. The number of Topliss-reactive ketones (excluding diaryl/α,β-unsaturated/α-hetero) is 1. The van der Waals surface area contributed by atoms with Gasteiger partial charge in [0.25, 0.3) is 0 Å². The van der Waals surface area contributed by atoms with Crippen LogP contribution in [-0.4, -0.2) is 12.0 Å². The van der Waals surface area contributed by atoms with Gasteiger partial charge in [-0.2, -0.15) is 18.4 Å². The Labute approximate surface area is 188 Å². The van der Waals surface area contributed by atoms with Gasteiger partial charge in [0.15, 0.2) is 5.78 Å². The van der Waals surface area contributed by atoms with Crippen LogP contribution in [0.3, 0.4) is 0 Å². The smallest absolute Gasteiger partial charge is 0.384 e. The van der Waals surface area contributed by atoms with Gasteiger partial charge in [-0.25, -0.2) is 0 Å². The Bertz CT molecular complexity index is 1180. The molecule has 0 saturated carbocycles. The highest BCUT2D eigenvalue weighted by Crippen LogP contribution is 2.47. The van der Waals surface area contributed by atoms with Gasteiger partial charge in [-0.1, -0.05) is 18.2 Å². The Morgan fingerprint density at radius 3 is 2.50 bits per heavy atom. The van der Waals surface area contributed by atoms with Crippen molar-refractivity contribution in [2.75, 3.05) is 11.2 Å². The summed E-state index contributed by atoms with van der Waals surface area (Å²) >= 11 is 1.57. The van der Waals surface area contributed by atoms with Crippen molar-refractivity contribution in [2.45, 2.75) is 36.3 Å². The molecule has 1 aliphatic heterocycles. The molecule has 164 valence electrons. The Hall–Kier alpha value is -3.18. The summed E-state index contributed by atoms with van der Waals surface area (Å²) in [5, 5.41) is 9.99. The van der Waals surface area contributed by atoms with E-state index in [9.17, 15) is 23.2 Å². The van der Waals surface area contributed by atoms with Gasteiger partial charge >= 0.3 is 6.18 Å². The third-order valence-corrected chi connectivity index (χ3v) is 6.54. The number of anilines is 1. The molecule has 0 bridgehead atoms. The maximum atomic E-state index is 13.3. The van der Waals surface area contributed by atoms with Crippen LogP contribution in [0.2, 0.25) is 0 Å². The predicted octanol–water partition coefficient (Wildman–Crippen LogP) is 5.73. The Morgan fingerprint density at radius 2 is 1.88 bits per heavy atom. The van der Waals surface area contributed by atoms with Gasteiger partial charge in [-0.15, -0.1) is 11.8 Å². The second kappa shape index (κ2) is 8.40. The minimum atomic E-state index is -4.52. The molecule has 4 nitrogen and oxygen atoms in total. The number of nitrogens with zero attached hydrogens (tertiary/aromatic N) is 2. The van der Waals surface area contributed by atoms with Gasteiger partial charge in [-0.05, 0) is 55.0 Å². The van der Waals surface area contributed by atoms with Crippen molar-refractivity contribution >= 4 is 23.2 Å². The maximum absolute atomic E-state index is 13.3. The molecule has 0 aromatic heterocycles. The van der Waals surface area contributed by atoms with Crippen molar-refractivity contribution in [3.05, 3.63) is 82.3 Å². The van der Waals surface area contributed by atoms with Crippen LogP contribution in [0.5, 0.6) is 0 Å². The first kappa shape index (κ1) is 22.0. The van der Waals surface area contributed by atoms with Gasteiger partial charge < -0.3 is 5.73 Å². The molecule has 0 amide bonds. The molecule has 4 rings (SSSR count). The molecule has 1 aliphatic carbocycles. The fraction of sp³-hybridized carbons (Fsp3) is 0.250. The summed E-state index contributed by atoms with van der Waals surface area (Å²) < 4.78 is 40.0. The lowest BCUT2D eigenvalue weighted by molar-refractivity contribution is -0.137. The molecule has 0 fully saturated rings. The van der Waals surface area contributed by atoms with Gasteiger partial charge in [0, 0.05) is 28.3 Å². The fourth-order valence-electron chi connectivity index (χ4n) is 4.33. The Balaban J connectivity index is 1.92. The van der Waals surface area contributed by atoms with Gasteiger partial charge in [-0.3, -0.25) is 9.69 Å². The highest BCUT2D eigenvalue weighted by Gasteiger charge is 2.41. The first-order chi connectivity index (χ1) is 15.3. The SMILES string of the molecule is CSc1ccc([C@H]2C(C#N)=C(N)N(c3cccc(C(F)(F)F)c3)C3=C2C(=O)CCC3)cc1. The number of thioether (sulfide) groups is 1. The normalized spacial score (nSPS) is 19.2. The molecule has 0 spiro atoms. The van der Waals surface area contributed by atoms with Crippen LogP contribution in [0.15, 0.2) is 76.1 Å². The highest BCUT2D eigenvalue weighted by atomic mass is 32.2. The van der Waals surface area contributed by atoms with Crippen LogP contribution in [-0.2, 0) is 11.0 Å². The van der Waals surface area contributed by atoms with Crippen LogP contribution >= 0.6 is 11.8 Å². The number of ketones is 1. The van der Waals surface area contributed by atoms with Crippen molar-refractivity contribution in [3.8, 4) is 6.07 Å². The molecule has 2 N–H and O–H groups in total. The Kier molecular flexibility index (Phi) is 5.78. The van der Waals surface area contributed by atoms with E-state index >= 15 is 0 Å². The molecule has 32 heavy (non-hydrogen) atoms. The van der Waals surface area contributed by atoms with E-state index in [1.54, 1.807) is 11.8 Å². The van der Waals surface area contributed by atoms with E-state index in [4.69, 9.17) is 5.73 Å². The lowest BCUT2D eigenvalue weighted by Crippen LogP contribution is -2.38. The van der Waals surface area contributed by atoms with Crippen molar-refractivity contribution in [2.24, 2.45) is 5.73 Å². The first-order valence-corrected chi connectivity index (χ1v) is 11.3. The third kappa shape index (κ3) is 3.78. The number of carbonyl (C=O) groups is 1. The van der Waals surface area contributed by atoms with Crippen molar-refractivity contribution < 1.29 is 18.0 Å². The highest BCUT2D eigenvalue weighted by molar-refractivity contribution is 7.98. The molecular weight excluding hydrogens is 435 g/mol. The summed E-state index contributed by atoms with van der Waals surface area (Å²) in [7, 11) is 0. The number of allylic oxidation sites excluding steroid dienone is 3. The molecule has 1 atom stereocenters. The van der Waals surface area contributed by atoms with E-state index in [0.717, 1.165) is 22.6 Å². The number of alkyl halides is 3. The van der Waals surface area contributed by atoms with Crippen LogP contribution in [0, 0.1) is 11.3 Å². The Morgan fingerprint density at radius 1 is 1.16 bits per heavy atom. The molecule has 2 aromatic rings. The van der Waals surface area contributed by atoms with E-state index in [1.165, 1.54) is 17.0 Å². The second-order valence-corrected chi connectivity index (χ2v) is 8.52. The molecular formula is C24H20F3N3OS. The third-order valence-electron chi connectivity index (χ3n) is 5.79. The van der Waals surface area contributed by atoms with Crippen molar-refractivity contribution in [3.63, 3.8) is 0 Å². The maximum Gasteiger partial charge on any atom is 0.416 e. The number of carbonyl (C=O) groups excluding carboxylic acids is 1. The largest absolute Gasteiger partial charge is 0.416 e. The van der Waals surface area contributed by atoms with Crippen molar-refractivity contribution in [1.29, 1.82) is 5.26 Å². The van der Waals surface area contributed by atoms with E-state index in [2.05, 4.69) is 6.07 Å². The number of nitrogens with two attached hydrogens (primary N) is 1. The monoisotopic (exact) mass is 455 g/mol. The predicted molar refractivity (Wildman–Crippen MR) is 118 cm³/mol. The minimum Gasteiger partial charge on any atom is -0.384 e. The zero-order chi connectivity index (χ0) is 23.0. The van der Waals surface area contributed by atoms with Crippen LogP contribution in [0.1, 0.15) is 36.3 Å². The summed E-state index contributed by atoms with van der Waals surface area (Å²) in [5.74, 6) is -0.692. The number of hydrogen-bond donors (Lipinski definition) is 1. The fourth-order valence-corrected chi connectivity index (χ4v) is 4.74. The summed E-state index contributed by atoms with van der Waals surface area (Å²) in [6.07, 6.45) is -1.19. The number of hydrogen-bond acceptors (Lipinski definition) is 5. The molecule has 2 aliphatic rings. The van der Waals surface area contributed by atoms with Crippen LogP contribution in [0.25, 0.3) is 0 Å². The minimum absolute atomic E-state index is 0.0548. The lowest BCUT2D eigenvalue weighted by atomic mass is 9.75. The second-order valence-electron chi connectivity index (χ2n) is 7.64. The van der Waals surface area contributed by atoms with Crippen LogP contribution in [0.4, 0.5) is 18.9 Å². The molecule has 0 saturated heterocycles.